The molecule has 0 radical (unpaired) electrons. The molecule has 1 unspecified atom stereocenters. The van der Waals surface area contributed by atoms with E-state index in [-0.39, 0.29) is 10.8 Å². The van der Waals surface area contributed by atoms with E-state index in [1.165, 1.54) is 0 Å². The predicted octanol–water partition coefficient (Wildman–Crippen LogP) is 2.99. The molecule has 1 heterocycles. The van der Waals surface area contributed by atoms with Crippen molar-refractivity contribution < 1.29 is 0 Å². The fourth-order valence-electron chi connectivity index (χ4n) is 1.04. The lowest BCUT2D eigenvalue weighted by molar-refractivity contribution is 0.792. The van der Waals surface area contributed by atoms with Crippen LogP contribution in [-0.2, 0) is 0 Å². The van der Waals surface area contributed by atoms with Gasteiger partial charge in [-0.05, 0) is 18.6 Å². The van der Waals surface area contributed by atoms with E-state index in [1.54, 1.807) is 11.8 Å². The fraction of sp³-hybridized carbons (Fsp3) is 0.545. The van der Waals surface area contributed by atoms with Gasteiger partial charge >= 0.3 is 0 Å². The summed E-state index contributed by atoms with van der Waals surface area (Å²) in [6, 6.07) is 4.15. The lowest BCUT2D eigenvalue weighted by Gasteiger charge is -2.16. The number of pyridine rings is 1. The van der Waals surface area contributed by atoms with Gasteiger partial charge in [0.05, 0.1) is 5.03 Å². The number of hydrogen-bond acceptors (Lipinski definition) is 3. The van der Waals surface area contributed by atoms with Crippen LogP contribution in [0.25, 0.3) is 0 Å². The molecule has 3 heteroatoms. The Bertz CT molecular complexity index is 285. The van der Waals surface area contributed by atoms with E-state index in [4.69, 9.17) is 5.73 Å². The number of nitrogens with zero attached hydrogens (tertiary/aromatic N) is 1. The second-order valence-corrected chi connectivity index (χ2v) is 6.28. The molecular formula is C11H18N2S. The number of rotatable bonds is 2. The third-order valence-electron chi connectivity index (χ3n) is 1.70. The van der Waals surface area contributed by atoms with Crippen LogP contribution < -0.4 is 5.73 Å². The smallest absolute Gasteiger partial charge is 0.0965 e. The maximum atomic E-state index is 5.74. The van der Waals surface area contributed by atoms with Crippen molar-refractivity contribution in [2.75, 3.05) is 0 Å². The standard InChI is InChI=1S/C11H18N2S/c1-8(12)9-5-6-10(13-7-9)14-11(2,3)4/h5-8H,12H2,1-4H3. The van der Waals surface area contributed by atoms with Gasteiger partial charge in [-0.15, -0.1) is 11.8 Å². The highest BCUT2D eigenvalue weighted by atomic mass is 32.2. The maximum Gasteiger partial charge on any atom is 0.0965 e. The Morgan fingerprint density at radius 1 is 1.36 bits per heavy atom. The number of thioether (sulfide) groups is 1. The molecule has 2 nitrogen and oxygen atoms in total. The van der Waals surface area contributed by atoms with Crippen molar-refractivity contribution in [2.45, 2.75) is 43.5 Å². The van der Waals surface area contributed by atoms with Crippen molar-refractivity contribution in [3.05, 3.63) is 23.9 Å². The monoisotopic (exact) mass is 210 g/mol. The van der Waals surface area contributed by atoms with E-state index in [0.29, 0.717) is 0 Å². The average Bonchev–Trinajstić information content (AvgIpc) is 2.02. The molecule has 1 atom stereocenters. The molecule has 14 heavy (non-hydrogen) atoms. The molecule has 0 bridgehead atoms. The zero-order valence-corrected chi connectivity index (χ0v) is 10.1. The maximum absolute atomic E-state index is 5.74. The Balaban J connectivity index is 2.74. The van der Waals surface area contributed by atoms with Crippen LogP contribution in [-0.4, -0.2) is 9.73 Å². The molecule has 0 aliphatic carbocycles. The molecule has 0 fully saturated rings. The summed E-state index contributed by atoms with van der Waals surface area (Å²) in [6.45, 7) is 8.50. The second-order valence-electron chi connectivity index (χ2n) is 4.43. The van der Waals surface area contributed by atoms with Gasteiger partial charge in [0.15, 0.2) is 0 Å². The van der Waals surface area contributed by atoms with Crippen LogP contribution in [0, 0.1) is 0 Å². The van der Waals surface area contributed by atoms with Crippen molar-refractivity contribution in [2.24, 2.45) is 5.73 Å². The summed E-state index contributed by atoms with van der Waals surface area (Å²) < 4.78 is 0.211. The summed E-state index contributed by atoms with van der Waals surface area (Å²) in [5.74, 6) is 0. The molecule has 1 aromatic rings. The topological polar surface area (TPSA) is 38.9 Å². The summed E-state index contributed by atoms with van der Waals surface area (Å²) in [5.41, 5.74) is 6.83. The fourth-order valence-corrected chi connectivity index (χ4v) is 1.90. The lowest BCUT2D eigenvalue weighted by Crippen LogP contribution is -2.08. The normalized spacial score (nSPS) is 14.1. The SMILES string of the molecule is CC(N)c1ccc(SC(C)(C)C)nc1. The lowest BCUT2D eigenvalue weighted by atomic mass is 10.2. The molecule has 2 N–H and O–H groups in total. The van der Waals surface area contributed by atoms with E-state index in [2.05, 4.69) is 25.8 Å². The highest BCUT2D eigenvalue weighted by molar-refractivity contribution is 8.00. The zero-order chi connectivity index (χ0) is 10.8. The van der Waals surface area contributed by atoms with Crippen LogP contribution in [0.4, 0.5) is 0 Å². The van der Waals surface area contributed by atoms with Gasteiger partial charge in [-0.25, -0.2) is 4.98 Å². The van der Waals surface area contributed by atoms with Gasteiger partial charge in [0.2, 0.25) is 0 Å². The van der Waals surface area contributed by atoms with Crippen molar-refractivity contribution in [1.29, 1.82) is 0 Å². The van der Waals surface area contributed by atoms with Crippen LogP contribution in [0.3, 0.4) is 0 Å². The Morgan fingerprint density at radius 3 is 2.36 bits per heavy atom. The number of nitrogens with two attached hydrogens (primary N) is 1. The minimum absolute atomic E-state index is 0.0659. The van der Waals surface area contributed by atoms with E-state index >= 15 is 0 Å². The Morgan fingerprint density at radius 2 is 2.00 bits per heavy atom. The summed E-state index contributed by atoms with van der Waals surface area (Å²) in [7, 11) is 0. The molecule has 0 spiro atoms. The Hall–Kier alpha value is -0.540. The molecular weight excluding hydrogens is 192 g/mol. The summed E-state index contributed by atoms with van der Waals surface area (Å²) in [6.07, 6.45) is 1.86. The van der Waals surface area contributed by atoms with Crippen LogP contribution in [0.1, 0.15) is 39.3 Å². The van der Waals surface area contributed by atoms with Crippen molar-refractivity contribution in [3.63, 3.8) is 0 Å². The molecule has 0 saturated carbocycles. The van der Waals surface area contributed by atoms with Crippen molar-refractivity contribution >= 4 is 11.8 Å². The van der Waals surface area contributed by atoms with Gasteiger partial charge in [-0.2, -0.15) is 0 Å². The van der Waals surface area contributed by atoms with Crippen molar-refractivity contribution in [3.8, 4) is 0 Å². The molecule has 0 aliphatic heterocycles. The van der Waals surface area contributed by atoms with Gasteiger partial charge in [0, 0.05) is 17.0 Å². The van der Waals surface area contributed by atoms with Crippen LogP contribution in [0.2, 0.25) is 0 Å². The summed E-state index contributed by atoms with van der Waals surface area (Å²) >= 11 is 1.77. The molecule has 0 aromatic carbocycles. The quantitative estimate of drug-likeness (QED) is 0.763. The van der Waals surface area contributed by atoms with Crippen LogP contribution in [0.5, 0.6) is 0 Å². The molecule has 1 rings (SSSR count). The first-order chi connectivity index (χ1) is 6.38. The minimum atomic E-state index is 0.0659. The van der Waals surface area contributed by atoms with E-state index in [0.717, 1.165) is 10.6 Å². The predicted molar refractivity (Wildman–Crippen MR) is 62.4 cm³/mol. The number of aromatic nitrogens is 1. The van der Waals surface area contributed by atoms with Gasteiger partial charge in [-0.1, -0.05) is 26.8 Å². The van der Waals surface area contributed by atoms with Gasteiger partial charge in [0.25, 0.3) is 0 Å². The summed E-state index contributed by atoms with van der Waals surface area (Å²) in [4.78, 5) is 4.37. The highest BCUT2D eigenvalue weighted by Gasteiger charge is 2.12. The summed E-state index contributed by atoms with van der Waals surface area (Å²) in [5, 5.41) is 1.06. The molecule has 0 amide bonds. The number of hydrogen-bond donors (Lipinski definition) is 1. The molecule has 1 aromatic heterocycles. The van der Waals surface area contributed by atoms with Crippen LogP contribution in [0.15, 0.2) is 23.4 Å². The van der Waals surface area contributed by atoms with Crippen molar-refractivity contribution in [1.82, 2.24) is 4.98 Å². The third-order valence-corrected chi connectivity index (χ3v) is 2.76. The molecule has 78 valence electrons. The molecule has 0 aliphatic rings. The third kappa shape index (κ3) is 3.68. The van der Waals surface area contributed by atoms with Crippen LogP contribution >= 0.6 is 11.8 Å². The molecule has 0 saturated heterocycles. The Labute approximate surface area is 90.3 Å². The first kappa shape index (κ1) is 11.5. The Kier molecular flexibility index (Phi) is 3.56. The largest absolute Gasteiger partial charge is 0.324 e. The highest BCUT2D eigenvalue weighted by Crippen LogP contribution is 2.30. The van der Waals surface area contributed by atoms with E-state index in [9.17, 15) is 0 Å². The average molecular weight is 210 g/mol. The van der Waals surface area contributed by atoms with E-state index in [1.807, 2.05) is 25.3 Å². The first-order valence-electron chi connectivity index (χ1n) is 4.79. The van der Waals surface area contributed by atoms with E-state index < -0.39 is 0 Å². The second kappa shape index (κ2) is 4.32. The van der Waals surface area contributed by atoms with Gasteiger partial charge < -0.3 is 5.73 Å². The zero-order valence-electron chi connectivity index (χ0n) is 9.24. The van der Waals surface area contributed by atoms with Gasteiger partial charge in [0.1, 0.15) is 0 Å². The minimum Gasteiger partial charge on any atom is -0.324 e. The van der Waals surface area contributed by atoms with Gasteiger partial charge in [-0.3, -0.25) is 0 Å². The first-order valence-corrected chi connectivity index (χ1v) is 5.61.